The minimum atomic E-state index is -2.72. The van der Waals surface area contributed by atoms with Gasteiger partial charge in [-0.1, -0.05) is 42.8 Å². The highest BCUT2D eigenvalue weighted by molar-refractivity contribution is 9.09. The predicted octanol–water partition coefficient (Wildman–Crippen LogP) is 5.06. The van der Waals surface area contributed by atoms with Crippen LogP contribution in [0.1, 0.15) is 44.2 Å². The highest BCUT2D eigenvalue weighted by Crippen LogP contribution is 2.38. The van der Waals surface area contributed by atoms with Crippen LogP contribution in [0.25, 0.3) is 0 Å². The highest BCUT2D eigenvalue weighted by Gasteiger charge is 2.27. The molecular formula is C13H16BrF2NO2. The van der Waals surface area contributed by atoms with Crippen molar-refractivity contribution < 1.29 is 13.7 Å². The fourth-order valence-electron chi connectivity index (χ4n) is 2.31. The van der Waals surface area contributed by atoms with Crippen molar-refractivity contribution in [2.45, 2.75) is 37.9 Å². The first kappa shape index (κ1) is 16.0. The van der Waals surface area contributed by atoms with Gasteiger partial charge in [0.05, 0.1) is 4.92 Å². The molecule has 0 N–H and O–H groups in total. The van der Waals surface area contributed by atoms with Crippen LogP contribution in [0.2, 0.25) is 0 Å². The van der Waals surface area contributed by atoms with Crippen molar-refractivity contribution in [1.82, 2.24) is 0 Å². The van der Waals surface area contributed by atoms with E-state index in [2.05, 4.69) is 15.9 Å². The van der Waals surface area contributed by atoms with E-state index in [4.69, 9.17) is 0 Å². The number of rotatable bonds is 5. The maximum Gasteiger partial charge on any atom is 0.269 e. The first-order valence-electron chi connectivity index (χ1n) is 5.96. The van der Waals surface area contributed by atoms with E-state index in [1.165, 1.54) is 12.1 Å². The Labute approximate surface area is 119 Å². The zero-order valence-corrected chi connectivity index (χ0v) is 12.5. The van der Waals surface area contributed by atoms with Crippen molar-refractivity contribution in [2.75, 3.05) is 0 Å². The number of hydrogen-bond acceptors (Lipinski definition) is 2. The fraction of sp³-hybridized carbons (Fsp3) is 0.538. The summed E-state index contributed by atoms with van der Waals surface area (Å²) in [7, 11) is 0. The first-order chi connectivity index (χ1) is 8.75. The molecular weight excluding hydrogens is 320 g/mol. The van der Waals surface area contributed by atoms with Gasteiger partial charge in [-0.15, -0.1) is 0 Å². The van der Waals surface area contributed by atoms with Crippen LogP contribution in [0.4, 0.5) is 14.5 Å². The molecule has 0 fully saturated rings. The van der Waals surface area contributed by atoms with Gasteiger partial charge in [-0.2, -0.15) is 0 Å². The van der Waals surface area contributed by atoms with Crippen molar-refractivity contribution in [1.29, 1.82) is 0 Å². The summed E-state index contributed by atoms with van der Waals surface area (Å²) in [6.07, 6.45) is -2.72. The number of halogens is 3. The third-order valence-electron chi connectivity index (χ3n) is 3.09. The molecule has 0 radical (unpaired) electrons. The Morgan fingerprint density at radius 3 is 2.16 bits per heavy atom. The smallest absolute Gasteiger partial charge is 0.258 e. The van der Waals surface area contributed by atoms with Crippen molar-refractivity contribution in [3.05, 3.63) is 39.4 Å². The largest absolute Gasteiger partial charge is 0.269 e. The topological polar surface area (TPSA) is 43.1 Å². The first-order valence-corrected chi connectivity index (χ1v) is 6.87. The molecule has 1 aromatic carbocycles. The number of non-ortho nitro benzene ring substituents is 1. The lowest BCUT2D eigenvalue weighted by atomic mass is 9.83. The standard InChI is InChI=1S/C13H16BrF2NO2/c1-7(2)12(8(3)14)10-5-4-9(17(18)19)6-11(10)13(15)16/h4-8,12-13H,1-3H3. The summed E-state index contributed by atoms with van der Waals surface area (Å²) < 4.78 is 26.2. The van der Waals surface area contributed by atoms with Crippen molar-refractivity contribution in [3.8, 4) is 0 Å². The Morgan fingerprint density at radius 2 is 1.79 bits per heavy atom. The van der Waals surface area contributed by atoms with Gasteiger partial charge in [-0.05, 0) is 17.4 Å². The molecule has 0 bridgehead atoms. The zero-order valence-electron chi connectivity index (χ0n) is 10.9. The summed E-state index contributed by atoms with van der Waals surface area (Å²) in [6.45, 7) is 5.78. The second-order valence-electron chi connectivity index (χ2n) is 4.82. The molecule has 0 heterocycles. The van der Waals surface area contributed by atoms with Crippen LogP contribution < -0.4 is 0 Å². The predicted molar refractivity (Wildman–Crippen MR) is 74.0 cm³/mol. The van der Waals surface area contributed by atoms with E-state index < -0.39 is 11.3 Å². The quantitative estimate of drug-likeness (QED) is 0.429. The van der Waals surface area contributed by atoms with E-state index in [0.717, 1.165) is 6.07 Å². The number of nitro groups is 1. The molecule has 2 atom stereocenters. The Hall–Kier alpha value is -1.04. The van der Waals surface area contributed by atoms with Crippen LogP contribution in [0.3, 0.4) is 0 Å². The lowest BCUT2D eigenvalue weighted by Crippen LogP contribution is -2.17. The van der Waals surface area contributed by atoms with Crippen LogP contribution in [0, 0.1) is 16.0 Å². The molecule has 0 saturated heterocycles. The van der Waals surface area contributed by atoms with Crippen molar-refractivity contribution in [2.24, 2.45) is 5.92 Å². The maximum absolute atomic E-state index is 13.1. The lowest BCUT2D eigenvalue weighted by molar-refractivity contribution is -0.385. The number of hydrogen-bond donors (Lipinski definition) is 0. The molecule has 1 rings (SSSR count). The Morgan fingerprint density at radius 1 is 1.21 bits per heavy atom. The molecule has 0 aliphatic rings. The van der Waals surface area contributed by atoms with E-state index in [-0.39, 0.29) is 27.9 Å². The number of nitrogens with zero attached hydrogens (tertiary/aromatic N) is 1. The van der Waals surface area contributed by atoms with Gasteiger partial charge < -0.3 is 0 Å². The van der Waals surface area contributed by atoms with Gasteiger partial charge in [0, 0.05) is 22.5 Å². The third kappa shape index (κ3) is 3.72. The van der Waals surface area contributed by atoms with Crippen molar-refractivity contribution >= 4 is 21.6 Å². The Bertz CT molecular complexity index is 456. The van der Waals surface area contributed by atoms with Gasteiger partial charge >= 0.3 is 0 Å². The van der Waals surface area contributed by atoms with E-state index in [1.54, 1.807) is 0 Å². The van der Waals surface area contributed by atoms with Crippen LogP contribution >= 0.6 is 15.9 Å². The summed E-state index contributed by atoms with van der Waals surface area (Å²) in [5.74, 6) is 0.0261. The summed E-state index contributed by atoms with van der Waals surface area (Å²) >= 11 is 3.43. The molecule has 2 unspecified atom stereocenters. The van der Waals surface area contributed by atoms with Crippen LogP contribution in [0.15, 0.2) is 18.2 Å². The number of alkyl halides is 3. The van der Waals surface area contributed by atoms with Gasteiger partial charge in [0.15, 0.2) is 0 Å². The van der Waals surface area contributed by atoms with Gasteiger partial charge in [-0.3, -0.25) is 10.1 Å². The average Bonchev–Trinajstić information content (AvgIpc) is 2.27. The lowest BCUT2D eigenvalue weighted by Gasteiger charge is -2.26. The average molecular weight is 336 g/mol. The second kappa shape index (κ2) is 6.41. The van der Waals surface area contributed by atoms with E-state index >= 15 is 0 Å². The SMILES string of the molecule is CC(C)C(c1ccc([N+](=O)[O-])cc1C(F)F)C(C)Br. The van der Waals surface area contributed by atoms with E-state index in [9.17, 15) is 18.9 Å². The zero-order chi connectivity index (χ0) is 14.7. The molecule has 0 spiro atoms. The molecule has 6 heteroatoms. The molecule has 0 amide bonds. The summed E-state index contributed by atoms with van der Waals surface area (Å²) in [5.41, 5.74) is -0.0806. The maximum atomic E-state index is 13.1. The molecule has 19 heavy (non-hydrogen) atoms. The monoisotopic (exact) mass is 335 g/mol. The molecule has 0 aliphatic heterocycles. The molecule has 0 aromatic heterocycles. The minimum absolute atomic E-state index is 0.00598. The van der Waals surface area contributed by atoms with Crippen LogP contribution in [0.5, 0.6) is 0 Å². The normalized spacial score (nSPS) is 14.7. The van der Waals surface area contributed by atoms with Crippen LogP contribution in [-0.4, -0.2) is 9.75 Å². The fourth-order valence-corrected chi connectivity index (χ4v) is 3.20. The molecule has 3 nitrogen and oxygen atoms in total. The Kier molecular flexibility index (Phi) is 5.40. The highest BCUT2D eigenvalue weighted by atomic mass is 79.9. The van der Waals surface area contributed by atoms with Gasteiger partial charge in [0.2, 0.25) is 0 Å². The summed E-state index contributed by atoms with van der Waals surface area (Å²) in [5, 5.41) is 10.7. The number of benzene rings is 1. The molecule has 0 aliphatic carbocycles. The molecule has 0 saturated carbocycles. The molecule has 106 valence electrons. The minimum Gasteiger partial charge on any atom is -0.258 e. The van der Waals surface area contributed by atoms with Gasteiger partial charge in [-0.25, -0.2) is 8.78 Å². The Balaban J connectivity index is 3.37. The van der Waals surface area contributed by atoms with E-state index in [1.807, 2.05) is 20.8 Å². The second-order valence-corrected chi connectivity index (χ2v) is 6.26. The van der Waals surface area contributed by atoms with Crippen LogP contribution in [-0.2, 0) is 0 Å². The van der Waals surface area contributed by atoms with Gasteiger partial charge in [0.1, 0.15) is 0 Å². The van der Waals surface area contributed by atoms with E-state index in [0.29, 0.717) is 5.56 Å². The van der Waals surface area contributed by atoms with Crippen molar-refractivity contribution in [3.63, 3.8) is 0 Å². The molecule has 1 aromatic rings. The van der Waals surface area contributed by atoms with Gasteiger partial charge in [0.25, 0.3) is 12.1 Å². The summed E-state index contributed by atoms with van der Waals surface area (Å²) in [6, 6.07) is 3.71. The number of nitro benzene ring substituents is 1. The summed E-state index contributed by atoms with van der Waals surface area (Å²) in [4.78, 5) is 10.0. The third-order valence-corrected chi connectivity index (χ3v) is 3.66.